The molecular weight excluding hydrogens is 172 g/mol. The van der Waals surface area contributed by atoms with Gasteiger partial charge in [0.25, 0.3) is 0 Å². The SMILES string of the molecule is O=C1CC(=O)N(CCNCCO)C1. The van der Waals surface area contributed by atoms with Gasteiger partial charge in [0, 0.05) is 19.6 Å². The van der Waals surface area contributed by atoms with E-state index in [0.717, 1.165) is 0 Å². The van der Waals surface area contributed by atoms with Crippen molar-refractivity contribution in [1.29, 1.82) is 0 Å². The Kier molecular flexibility index (Phi) is 3.85. The molecule has 2 N–H and O–H groups in total. The average molecular weight is 186 g/mol. The van der Waals surface area contributed by atoms with Crippen molar-refractivity contribution in [2.45, 2.75) is 6.42 Å². The zero-order chi connectivity index (χ0) is 9.68. The predicted octanol–water partition coefficient (Wildman–Crippen LogP) is -1.63. The van der Waals surface area contributed by atoms with E-state index in [2.05, 4.69) is 5.32 Å². The van der Waals surface area contributed by atoms with Gasteiger partial charge in [0.2, 0.25) is 5.91 Å². The summed E-state index contributed by atoms with van der Waals surface area (Å²) < 4.78 is 0. The van der Waals surface area contributed by atoms with Crippen LogP contribution in [0.3, 0.4) is 0 Å². The third-order valence-corrected chi connectivity index (χ3v) is 1.92. The van der Waals surface area contributed by atoms with Crippen LogP contribution in [0.15, 0.2) is 0 Å². The number of ketones is 1. The maximum Gasteiger partial charge on any atom is 0.230 e. The molecule has 13 heavy (non-hydrogen) atoms. The Bertz CT molecular complexity index is 206. The first-order chi connectivity index (χ1) is 6.24. The van der Waals surface area contributed by atoms with Gasteiger partial charge < -0.3 is 15.3 Å². The molecular formula is C8H14N2O3. The number of likely N-dealkylation sites (tertiary alicyclic amines) is 1. The Morgan fingerprint density at radius 3 is 2.69 bits per heavy atom. The van der Waals surface area contributed by atoms with Crippen LogP contribution < -0.4 is 5.32 Å². The maximum absolute atomic E-state index is 11.1. The molecule has 0 saturated carbocycles. The first kappa shape index (κ1) is 10.1. The van der Waals surface area contributed by atoms with E-state index in [-0.39, 0.29) is 31.3 Å². The number of aliphatic hydroxyl groups is 1. The maximum atomic E-state index is 11.1. The lowest BCUT2D eigenvalue weighted by molar-refractivity contribution is -0.127. The molecule has 0 bridgehead atoms. The monoisotopic (exact) mass is 186 g/mol. The summed E-state index contributed by atoms with van der Waals surface area (Å²) in [4.78, 5) is 23.4. The first-order valence-corrected chi connectivity index (χ1v) is 4.35. The van der Waals surface area contributed by atoms with Crippen LogP contribution in [0, 0.1) is 0 Å². The second kappa shape index (κ2) is 4.94. The van der Waals surface area contributed by atoms with E-state index < -0.39 is 0 Å². The average Bonchev–Trinajstić information content (AvgIpc) is 2.39. The number of hydrogen-bond donors (Lipinski definition) is 2. The molecule has 1 amide bonds. The van der Waals surface area contributed by atoms with Gasteiger partial charge in [0.1, 0.15) is 0 Å². The molecule has 0 aromatic carbocycles. The molecule has 0 aromatic rings. The zero-order valence-corrected chi connectivity index (χ0v) is 7.45. The first-order valence-electron chi connectivity index (χ1n) is 4.35. The molecule has 74 valence electrons. The third-order valence-electron chi connectivity index (χ3n) is 1.92. The van der Waals surface area contributed by atoms with Gasteiger partial charge >= 0.3 is 0 Å². The van der Waals surface area contributed by atoms with E-state index in [1.165, 1.54) is 4.90 Å². The summed E-state index contributed by atoms with van der Waals surface area (Å²) in [6.45, 7) is 2.03. The Balaban J connectivity index is 2.14. The van der Waals surface area contributed by atoms with Crippen molar-refractivity contribution in [3.8, 4) is 0 Å². The van der Waals surface area contributed by atoms with Crippen molar-refractivity contribution in [3.05, 3.63) is 0 Å². The van der Waals surface area contributed by atoms with Crippen molar-refractivity contribution >= 4 is 11.7 Å². The van der Waals surface area contributed by atoms with Crippen LogP contribution in [0.25, 0.3) is 0 Å². The van der Waals surface area contributed by atoms with Gasteiger partial charge in [-0.15, -0.1) is 0 Å². The quantitative estimate of drug-likeness (QED) is 0.399. The Labute approximate surface area is 76.7 Å². The van der Waals surface area contributed by atoms with E-state index in [0.29, 0.717) is 19.6 Å². The van der Waals surface area contributed by atoms with Crippen LogP contribution in [0.1, 0.15) is 6.42 Å². The highest BCUT2D eigenvalue weighted by molar-refractivity contribution is 6.05. The van der Waals surface area contributed by atoms with E-state index in [9.17, 15) is 9.59 Å². The fourth-order valence-electron chi connectivity index (χ4n) is 1.26. The molecule has 1 heterocycles. The van der Waals surface area contributed by atoms with Crippen molar-refractivity contribution in [1.82, 2.24) is 10.2 Å². The number of nitrogens with one attached hydrogen (secondary N) is 1. The molecule has 0 aliphatic carbocycles. The second-order valence-electron chi connectivity index (χ2n) is 3.00. The van der Waals surface area contributed by atoms with Crippen LogP contribution >= 0.6 is 0 Å². The van der Waals surface area contributed by atoms with Crippen molar-refractivity contribution in [3.63, 3.8) is 0 Å². The Morgan fingerprint density at radius 2 is 2.15 bits per heavy atom. The van der Waals surface area contributed by atoms with Gasteiger partial charge in [0.05, 0.1) is 19.6 Å². The molecule has 5 heteroatoms. The normalized spacial score (nSPS) is 17.2. The smallest absolute Gasteiger partial charge is 0.230 e. The van der Waals surface area contributed by atoms with E-state index in [1.54, 1.807) is 0 Å². The van der Waals surface area contributed by atoms with Crippen molar-refractivity contribution in [2.75, 3.05) is 32.8 Å². The topological polar surface area (TPSA) is 69.6 Å². The largest absolute Gasteiger partial charge is 0.395 e. The highest BCUT2D eigenvalue weighted by Crippen LogP contribution is 2.04. The lowest BCUT2D eigenvalue weighted by Gasteiger charge is -2.14. The highest BCUT2D eigenvalue weighted by atomic mass is 16.3. The number of rotatable bonds is 5. The number of aliphatic hydroxyl groups excluding tert-OH is 1. The Hall–Kier alpha value is -0.940. The number of amides is 1. The van der Waals surface area contributed by atoms with E-state index >= 15 is 0 Å². The molecule has 1 rings (SSSR count). The van der Waals surface area contributed by atoms with Crippen molar-refractivity contribution < 1.29 is 14.7 Å². The molecule has 1 saturated heterocycles. The lowest BCUT2D eigenvalue weighted by atomic mass is 10.3. The summed E-state index contributed by atoms with van der Waals surface area (Å²) in [5.74, 6) is -0.0945. The minimum atomic E-state index is -0.0872. The number of carbonyl (C=O) groups is 2. The van der Waals surface area contributed by atoms with Crippen LogP contribution in [0.4, 0.5) is 0 Å². The van der Waals surface area contributed by atoms with Crippen LogP contribution in [-0.2, 0) is 9.59 Å². The van der Waals surface area contributed by atoms with Gasteiger partial charge in [0.15, 0.2) is 5.78 Å². The predicted molar refractivity (Wildman–Crippen MR) is 46.2 cm³/mol. The minimum Gasteiger partial charge on any atom is -0.395 e. The summed E-state index contributed by atoms with van der Waals surface area (Å²) >= 11 is 0. The van der Waals surface area contributed by atoms with Crippen LogP contribution in [-0.4, -0.2) is 54.5 Å². The molecule has 0 unspecified atom stereocenters. The number of carbonyl (C=O) groups excluding carboxylic acids is 2. The molecule has 1 fully saturated rings. The molecule has 1 aliphatic rings. The number of hydrogen-bond acceptors (Lipinski definition) is 4. The summed E-state index contributed by atoms with van der Waals surface area (Å²) in [7, 11) is 0. The molecule has 0 atom stereocenters. The minimum absolute atomic E-state index is 0.00726. The summed E-state index contributed by atoms with van der Waals surface area (Å²) in [6.07, 6.45) is 0.0556. The molecule has 0 aromatic heterocycles. The standard InChI is InChI=1S/C8H14N2O3/c11-4-2-9-1-3-10-6-7(12)5-8(10)13/h9,11H,1-6H2. The van der Waals surface area contributed by atoms with Gasteiger partial charge in [-0.05, 0) is 0 Å². The number of nitrogens with zero attached hydrogens (tertiary/aromatic N) is 1. The van der Waals surface area contributed by atoms with Crippen molar-refractivity contribution in [2.24, 2.45) is 0 Å². The third kappa shape index (κ3) is 3.12. The fourth-order valence-corrected chi connectivity index (χ4v) is 1.26. The zero-order valence-electron chi connectivity index (χ0n) is 7.45. The van der Waals surface area contributed by atoms with E-state index in [4.69, 9.17) is 5.11 Å². The van der Waals surface area contributed by atoms with Crippen LogP contribution in [0.5, 0.6) is 0 Å². The number of Topliss-reactive ketones (excluding diaryl/α,β-unsaturated/α-hetero) is 1. The molecule has 0 spiro atoms. The van der Waals surface area contributed by atoms with Gasteiger partial charge in [-0.25, -0.2) is 0 Å². The lowest BCUT2D eigenvalue weighted by Crippen LogP contribution is -2.34. The summed E-state index contributed by atoms with van der Waals surface area (Å²) in [6, 6.07) is 0. The highest BCUT2D eigenvalue weighted by Gasteiger charge is 2.26. The molecule has 1 aliphatic heterocycles. The van der Waals surface area contributed by atoms with Gasteiger partial charge in [-0.2, -0.15) is 0 Å². The summed E-state index contributed by atoms with van der Waals surface area (Å²) in [5.41, 5.74) is 0. The van der Waals surface area contributed by atoms with Crippen LogP contribution in [0.2, 0.25) is 0 Å². The van der Waals surface area contributed by atoms with Gasteiger partial charge in [-0.3, -0.25) is 9.59 Å². The molecule has 5 nitrogen and oxygen atoms in total. The fraction of sp³-hybridized carbons (Fsp3) is 0.750. The summed E-state index contributed by atoms with van der Waals surface area (Å²) in [5, 5.41) is 11.4. The second-order valence-corrected chi connectivity index (χ2v) is 3.00. The van der Waals surface area contributed by atoms with E-state index in [1.807, 2.05) is 0 Å². The van der Waals surface area contributed by atoms with Gasteiger partial charge in [-0.1, -0.05) is 0 Å². The Morgan fingerprint density at radius 1 is 1.38 bits per heavy atom. The molecule has 0 radical (unpaired) electrons.